The first-order valence-corrected chi connectivity index (χ1v) is 13.5. The molecule has 0 amide bonds. The summed E-state index contributed by atoms with van der Waals surface area (Å²) in [6.45, 7) is 19.9. The van der Waals surface area contributed by atoms with Crippen molar-refractivity contribution < 1.29 is 30.0 Å². The maximum Gasteiger partial charge on any atom is 0.306 e. The SMILES string of the molecule is C=C(C)[C@H]1CC=C2C(=CC[C@]3(C)[C@@H]([C@@H](CCC(=C)C(C)(C)O)C(=O)O)[C@H](O)C[C@@]23C)[C@@]1(C)CCC(=O)O. The molecule has 0 aromatic rings. The van der Waals surface area contributed by atoms with Gasteiger partial charge in [-0.3, -0.25) is 9.59 Å². The van der Waals surface area contributed by atoms with Crippen molar-refractivity contribution in [3.05, 3.63) is 47.6 Å². The van der Waals surface area contributed by atoms with E-state index in [1.807, 2.05) is 6.92 Å². The molecular formula is C31H46O6. The Hall–Kier alpha value is -2.18. The van der Waals surface area contributed by atoms with E-state index in [4.69, 9.17) is 0 Å². The number of rotatable bonds is 10. The second-order valence-electron chi connectivity index (χ2n) is 13.1. The van der Waals surface area contributed by atoms with Crippen molar-refractivity contribution in [1.82, 2.24) is 0 Å². The Labute approximate surface area is 221 Å². The summed E-state index contributed by atoms with van der Waals surface area (Å²) in [4.78, 5) is 24.1. The number of allylic oxidation sites excluding steroid dienone is 5. The molecule has 1 saturated carbocycles. The molecule has 0 unspecified atom stereocenters. The van der Waals surface area contributed by atoms with Crippen LogP contribution < -0.4 is 0 Å². The van der Waals surface area contributed by atoms with Crippen LogP contribution in [0.1, 0.15) is 86.5 Å². The van der Waals surface area contributed by atoms with Crippen LogP contribution in [0, 0.1) is 34.0 Å². The molecule has 6 heteroatoms. The molecule has 206 valence electrons. The van der Waals surface area contributed by atoms with E-state index in [9.17, 15) is 30.0 Å². The summed E-state index contributed by atoms with van der Waals surface area (Å²) in [7, 11) is 0. The zero-order valence-electron chi connectivity index (χ0n) is 23.4. The lowest BCUT2D eigenvalue weighted by atomic mass is 9.48. The Kier molecular flexibility index (Phi) is 7.82. The van der Waals surface area contributed by atoms with Gasteiger partial charge in [-0.05, 0) is 92.8 Å². The smallest absolute Gasteiger partial charge is 0.306 e. The number of aliphatic hydroxyl groups is 2. The van der Waals surface area contributed by atoms with Gasteiger partial charge in [-0.2, -0.15) is 0 Å². The van der Waals surface area contributed by atoms with Crippen LogP contribution in [0.4, 0.5) is 0 Å². The number of aliphatic carboxylic acids is 2. The van der Waals surface area contributed by atoms with Gasteiger partial charge in [0.2, 0.25) is 0 Å². The van der Waals surface area contributed by atoms with Crippen molar-refractivity contribution in [3.8, 4) is 0 Å². The number of hydrogen-bond acceptors (Lipinski definition) is 4. The first-order chi connectivity index (χ1) is 16.9. The summed E-state index contributed by atoms with van der Waals surface area (Å²) in [5.74, 6) is -2.87. The Morgan fingerprint density at radius 2 is 1.73 bits per heavy atom. The Bertz CT molecular complexity index is 1040. The van der Waals surface area contributed by atoms with Gasteiger partial charge in [0, 0.05) is 17.8 Å². The molecule has 6 nitrogen and oxygen atoms in total. The third-order valence-corrected chi connectivity index (χ3v) is 10.4. The van der Waals surface area contributed by atoms with Crippen LogP contribution in [-0.2, 0) is 9.59 Å². The maximum absolute atomic E-state index is 12.6. The highest BCUT2D eigenvalue weighted by Crippen LogP contribution is 2.70. The molecule has 7 atom stereocenters. The highest BCUT2D eigenvalue weighted by atomic mass is 16.4. The minimum atomic E-state index is -1.09. The normalized spacial score (nSPS) is 36.1. The van der Waals surface area contributed by atoms with Gasteiger partial charge < -0.3 is 20.4 Å². The third kappa shape index (κ3) is 4.87. The van der Waals surface area contributed by atoms with Gasteiger partial charge in [-0.15, -0.1) is 0 Å². The molecule has 0 aromatic heterocycles. The van der Waals surface area contributed by atoms with E-state index in [0.717, 1.165) is 23.1 Å². The molecule has 1 fully saturated rings. The summed E-state index contributed by atoms with van der Waals surface area (Å²) in [6, 6.07) is 0. The standard InChI is InChI=1S/C31H46O6/c1-18(2)21-11-12-23-22(29(21,6)15-14-25(33)34)13-16-30(7)26(24(32)17-31(23,30)8)20(27(35)36)10-9-19(3)28(4,5)37/h12-13,20-21,24,26,32,37H,1,3,9-11,14-17H2,2,4-8H3,(H,33,34)(H,35,36)/t20-,21-,24-,26+,29+,30-,31+/m1/s1. The minimum absolute atomic E-state index is 0.0658. The number of carbonyl (C=O) groups is 2. The van der Waals surface area contributed by atoms with Crippen molar-refractivity contribution in [1.29, 1.82) is 0 Å². The first kappa shape index (κ1) is 29.4. The number of fused-ring (bicyclic) bond motifs is 3. The van der Waals surface area contributed by atoms with E-state index in [2.05, 4.69) is 46.1 Å². The molecular weight excluding hydrogens is 468 g/mol. The van der Waals surface area contributed by atoms with Gasteiger partial charge in [-0.1, -0.05) is 51.7 Å². The van der Waals surface area contributed by atoms with E-state index in [1.165, 1.54) is 0 Å². The number of carboxylic acid groups (broad SMARTS) is 2. The molecule has 0 heterocycles. The topological polar surface area (TPSA) is 115 Å². The monoisotopic (exact) mass is 514 g/mol. The lowest BCUT2D eigenvalue weighted by Crippen LogP contribution is -2.48. The fourth-order valence-electron chi connectivity index (χ4n) is 7.86. The largest absolute Gasteiger partial charge is 0.481 e. The van der Waals surface area contributed by atoms with Crippen LogP contribution >= 0.6 is 0 Å². The Morgan fingerprint density at radius 3 is 2.24 bits per heavy atom. The Balaban J connectivity index is 2.04. The zero-order chi connectivity index (χ0) is 28.1. The van der Waals surface area contributed by atoms with Crippen molar-refractivity contribution in [2.24, 2.45) is 34.0 Å². The fourth-order valence-corrected chi connectivity index (χ4v) is 7.86. The van der Waals surface area contributed by atoms with E-state index in [0.29, 0.717) is 37.7 Å². The molecule has 37 heavy (non-hydrogen) atoms. The molecule has 0 spiro atoms. The Morgan fingerprint density at radius 1 is 1.11 bits per heavy atom. The zero-order valence-corrected chi connectivity index (χ0v) is 23.4. The summed E-state index contributed by atoms with van der Waals surface area (Å²) in [6.07, 6.45) is 6.71. The summed E-state index contributed by atoms with van der Waals surface area (Å²) in [5.41, 5.74) is 1.47. The van der Waals surface area contributed by atoms with Gasteiger partial charge in [0.1, 0.15) is 0 Å². The quantitative estimate of drug-likeness (QED) is 0.269. The van der Waals surface area contributed by atoms with Crippen LogP contribution in [0.5, 0.6) is 0 Å². The average molecular weight is 515 g/mol. The molecule has 0 aliphatic heterocycles. The fraction of sp³-hybridized carbons (Fsp3) is 0.677. The van der Waals surface area contributed by atoms with E-state index in [1.54, 1.807) is 13.8 Å². The van der Waals surface area contributed by atoms with Crippen molar-refractivity contribution in [3.63, 3.8) is 0 Å². The van der Waals surface area contributed by atoms with Gasteiger partial charge in [-0.25, -0.2) is 0 Å². The second kappa shape index (κ2) is 9.85. The number of aliphatic hydroxyl groups excluding tert-OH is 1. The van der Waals surface area contributed by atoms with E-state index >= 15 is 0 Å². The number of hydrogen-bond donors (Lipinski definition) is 4. The first-order valence-electron chi connectivity index (χ1n) is 13.5. The van der Waals surface area contributed by atoms with Crippen LogP contribution in [0.15, 0.2) is 47.6 Å². The number of carboxylic acids is 2. The minimum Gasteiger partial charge on any atom is -0.481 e. The molecule has 4 N–H and O–H groups in total. The molecule has 0 bridgehead atoms. The van der Waals surface area contributed by atoms with Crippen LogP contribution in [-0.4, -0.2) is 44.1 Å². The third-order valence-electron chi connectivity index (χ3n) is 10.4. The molecule has 3 aliphatic carbocycles. The molecule has 3 rings (SSSR count). The summed E-state index contributed by atoms with van der Waals surface area (Å²) < 4.78 is 0. The van der Waals surface area contributed by atoms with Crippen LogP contribution in [0.2, 0.25) is 0 Å². The maximum atomic E-state index is 12.6. The molecule has 3 aliphatic rings. The van der Waals surface area contributed by atoms with Crippen LogP contribution in [0.3, 0.4) is 0 Å². The van der Waals surface area contributed by atoms with Crippen molar-refractivity contribution in [2.45, 2.75) is 98.2 Å². The molecule has 0 saturated heterocycles. The van der Waals surface area contributed by atoms with Gasteiger partial charge in [0.25, 0.3) is 0 Å². The highest BCUT2D eigenvalue weighted by Gasteiger charge is 2.65. The summed E-state index contributed by atoms with van der Waals surface area (Å²) in [5, 5.41) is 41.5. The van der Waals surface area contributed by atoms with Crippen molar-refractivity contribution >= 4 is 11.9 Å². The van der Waals surface area contributed by atoms with Gasteiger partial charge in [0.05, 0.1) is 17.6 Å². The lowest BCUT2D eigenvalue weighted by Gasteiger charge is -2.56. The van der Waals surface area contributed by atoms with Crippen LogP contribution in [0.25, 0.3) is 0 Å². The average Bonchev–Trinajstić information content (AvgIpc) is 2.97. The molecule has 0 radical (unpaired) electrons. The predicted octanol–water partition coefficient (Wildman–Crippen LogP) is 5.91. The van der Waals surface area contributed by atoms with Crippen molar-refractivity contribution in [2.75, 3.05) is 0 Å². The highest BCUT2D eigenvalue weighted by molar-refractivity contribution is 5.71. The predicted molar refractivity (Wildman–Crippen MR) is 145 cm³/mol. The van der Waals surface area contributed by atoms with Gasteiger partial charge >= 0.3 is 11.9 Å². The lowest BCUT2D eigenvalue weighted by molar-refractivity contribution is -0.148. The van der Waals surface area contributed by atoms with E-state index in [-0.39, 0.29) is 12.3 Å². The summed E-state index contributed by atoms with van der Waals surface area (Å²) >= 11 is 0. The molecule has 0 aromatic carbocycles. The second-order valence-corrected chi connectivity index (χ2v) is 13.1. The van der Waals surface area contributed by atoms with E-state index < -0.39 is 51.7 Å². The van der Waals surface area contributed by atoms with Gasteiger partial charge in [0.15, 0.2) is 0 Å².